The Morgan fingerprint density at radius 1 is 1.03 bits per heavy atom. The maximum Gasteiger partial charge on any atom is 0.334 e. The fourth-order valence-electron chi connectivity index (χ4n) is 5.69. The number of nitrogens with zero attached hydrogens (tertiary/aromatic N) is 4. The Bertz CT molecular complexity index is 856. The maximum absolute atomic E-state index is 13.7. The number of benzene rings is 1. The molecule has 2 atom stereocenters. The summed E-state index contributed by atoms with van der Waals surface area (Å²) in [7, 11) is 1.78. The zero-order valence-corrected chi connectivity index (χ0v) is 22.6. The second kappa shape index (κ2) is 13.6. The second-order valence-corrected chi connectivity index (χ2v) is 9.88. The van der Waals surface area contributed by atoms with Gasteiger partial charge in [-0.1, -0.05) is 89.6 Å². The van der Waals surface area contributed by atoms with Gasteiger partial charge in [0.25, 0.3) is 0 Å². The van der Waals surface area contributed by atoms with Crippen molar-refractivity contribution in [1.82, 2.24) is 25.1 Å². The number of hydrazine groups is 1. The number of unbranched alkanes of at least 4 members (excludes halogenated alkanes) is 1. The first-order chi connectivity index (χ1) is 17.5. The van der Waals surface area contributed by atoms with E-state index >= 15 is 0 Å². The monoisotopic (exact) mass is 499 g/mol. The standard InChI is InChI=1S/C26H39N5O3.C2H6/c1-3-4-16-22-25(33)29(21-14-10-5-6-11-15-21)18-23-30(22)24(32)19-28(2)31(23)26(34)27-17-20-12-8-7-9-13-20;1-2/h7-9,12-13,21-23H,3-6,10-11,14-19H2,1-2H3,(H,27,34);1-2H3/t22-,23?;/m0./s1. The van der Waals surface area contributed by atoms with Crippen molar-refractivity contribution in [2.75, 3.05) is 20.1 Å². The van der Waals surface area contributed by atoms with Gasteiger partial charge in [-0.15, -0.1) is 0 Å². The predicted molar refractivity (Wildman–Crippen MR) is 142 cm³/mol. The third kappa shape index (κ3) is 6.38. The highest BCUT2D eigenvalue weighted by molar-refractivity contribution is 5.91. The number of hydrogen-bond donors (Lipinski definition) is 1. The van der Waals surface area contributed by atoms with E-state index in [2.05, 4.69) is 12.2 Å². The molecule has 0 aromatic heterocycles. The number of rotatable bonds is 6. The lowest BCUT2D eigenvalue weighted by Gasteiger charge is -2.55. The molecule has 1 saturated carbocycles. The molecule has 0 radical (unpaired) electrons. The Labute approximate surface area is 216 Å². The van der Waals surface area contributed by atoms with Crippen LogP contribution in [0.4, 0.5) is 4.79 Å². The minimum Gasteiger partial charge on any atom is -0.334 e. The predicted octanol–water partition coefficient (Wildman–Crippen LogP) is 4.36. The van der Waals surface area contributed by atoms with Gasteiger partial charge in [-0.05, 0) is 24.8 Å². The van der Waals surface area contributed by atoms with Crippen LogP contribution in [0.2, 0.25) is 0 Å². The second-order valence-electron chi connectivity index (χ2n) is 9.88. The number of nitrogens with one attached hydrogen (secondary N) is 1. The van der Waals surface area contributed by atoms with E-state index in [9.17, 15) is 14.4 Å². The van der Waals surface area contributed by atoms with Gasteiger partial charge in [0.05, 0.1) is 13.1 Å². The van der Waals surface area contributed by atoms with Gasteiger partial charge >= 0.3 is 6.03 Å². The van der Waals surface area contributed by atoms with E-state index in [1.807, 2.05) is 49.1 Å². The van der Waals surface area contributed by atoms with Crippen molar-refractivity contribution < 1.29 is 14.4 Å². The molecule has 3 aliphatic rings. The summed E-state index contributed by atoms with van der Waals surface area (Å²) in [5.41, 5.74) is 1.02. The van der Waals surface area contributed by atoms with Crippen LogP contribution < -0.4 is 5.32 Å². The summed E-state index contributed by atoms with van der Waals surface area (Å²) >= 11 is 0. The first-order valence-corrected chi connectivity index (χ1v) is 13.9. The molecule has 4 rings (SSSR count). The number of hydrogen-bond acceptors (Lipinski definition) is 4. The van der Waals surface area contributed by atoms with Gasteiger partial charge in [0.15, 0.2) is 0 Å². The number of amides is 4. The number of likely N-dealkylation sites (N-methyl/N-ethyl adjacent to an activating group) is 1. The van der Waals surface area contributed by atoms with Gasteiger partial charge in [-0.3, -0.25) is 9.59 Å². The largest absolute Gasteiger partial charge is 0.334 e. The highest BCUT2D eigenvalue weighted by atomic mass is 16.2. The van der Waals surface area contributed by atoms with Crippen LogP contribution in [0, 0.1) is 0 Å². The van der Waals surface area contributed by atoms with Gasteiger partial charge in [0.1, 0.15) is 12.2 Å². The van der Waals surface area contributed by atoms with Crippen molar-refractivity contribution in [1.29, 1.82) is 0 Å². The number of urea groups is 1. The molecule has 1 aromatic carbocycles. The van der Waals surface area contributed by atoms with Gasteiger partial charge in [-0.25, -0.2) is 14.8 Å². The van der Waals surface area contributed by atoms with E-state index < -0.39 is 12.2 Å². The van der Waals surface area contributed by atoms with Crippen molar-refractivity contribution in [3.05, 3.63) is 35.9 Å². The third-order valence-corrected chi connectivity index (χ3v) is 7.48. The van der Waals surface area contributed by atoms with Crippen LogP contribution in [0.1, 0.15) is 84.1 Å². The van der Waals surface area contributed by atoms with Crippen molar-refractivity contribution in [2.24, 2.45) is 0 Å². The minimum absolute atomic E-state index is 0.0687. The molecule has 0 bridgehead atoms. The van der Waals surface area contributed by atoms with E-state index in [0.717, 1.165) is 44.1 Å². The summed E-state index contributed by atoms with van der Waals surface area (Å²) in [4.78, 5) is 44.1. The lowest BCUT2D eigenvalue weighted by Crippen LogP contribution is -2.76. The average Bonchev–Trinajstić information content (AvgIpc) is 3.18. The molecule has 1 N–H and O–H groups in total. The zero-order valence-electron chi connectivity index (χ0n) is 22.6. The highest BCUT2D eigenvalue weighted by Gasteiger charge is 2.51. The Kier molecular flexibility index (Phi) is 10.6. The summed E-state index contributed by atoms with van der Waals surface area (Å²) in [5.74, 6) is -0.00581. The van der Waals surface area contributed by atoms with Gasteiger partial charge in [-0.2, -0.15) is 0 Å². The fourth-order valence-corrected chi connectivity index (χ4v) is 5.69. The van der Waals surface area contributed by atoms with Crippen LogP contribution in [0.3, 0.4) is 0 Å². The number of carbonyl (C=O) groups is 3. The average molecular weight is 500 g/mol. The lowest BCUT2D eigenvalue weighted by molar-refractivity contribution is -0.190. The molecule has 1 unspecified atom stereocenters. The van der Waals surface area contributed by atoms with Gasteiger partial charge < -0.3 is 15.1 Å². The zero-order chi connectivity index (χ0) is 26.1. The SMILES string of the molecule is CC.CCCC[C@H]1C(=O)N(C2CCCCCC2)CC2N1C(=O)CN(C)N2C(=O)NCc1ccccc1. The number of fused-ring (bicyclic) bond motifs is 1. The Hall–Kier alpha value is -2.61. The van der Waals surface area contributed by atoms with Gasteiger partial charge in [0, 0.05) is 19.6 Å². The molecule has 200 valence electrons. The van der Waals surface area contributed by atoms with Crippen LogP contribution in [-0.4, -0.2) is 76.0 Å². The molecule has 2 saturated heterocycles. The van der Waals surface area contributed by atoms with Crippen LogP contribution in [-0.2, 0) is 16.1 Å². The highest BCUT2D eigenvalue weighted by Crippen LogP contribution is 2.32. The summed E-state index contributed by atoms with van der Waals surface area (Å²) < 4.78 is 0. The fraction of sp³-hybridized carbons (Fsp3) is 0.679. The smallest absolute Gasteiger partial charge is 0.334 e. The molecule has 1 aromatic rings. The van der Waals surface area contributed by atoms with Crippen LogP contribution in [0.15, 0.2) is 30.3 Å². The molecule has 1 aliphatic carbocycles. The van der Waals surface area contributed by atoms with E-state index in [4.69, 9.17) is 0 Å². The first kappa shape index (κ1) is 28.0. The molecule has 3 fully saturated rings. The molecule has 2 aliphatic heterocycles. The Morgan fingerprint density at radius 2 is 1.69 bits per heavy atom. The Morgan fingerprint density at radius 3 is 2.33 bits per heavy atom. The van der Waals surface area contributed by atoms with Crippen LogP contribution in [0.5, 0.6) is 0 Å². The summed E-state index contributed by atoms with van der Waals surface area (Å²) in [6.45, 7) is 6.98. The minimum atomic E-state index is -0.493. The van der Waals surface area contributed by atoms with Crippen LogP contribution >= 0.6 is 0 Å². The van der Waals surface area contributed by atoms with Crippen molar-refractivity contribution in [2.45, 2.75) is 103 Å². The van der Waals surface area contributed by atoms with Crippen molar-refractivity contribution >= 4 is 17.8 Å². The van der Waals surface area contributed by atoms with E-state index in [1.165, 1.54) is 12.8 Å². The molecule has 36 heavy (non-hydrogen) atoms. The molecular formula is C28H45N5O3. The van der Waals surface area contributed by atoms with E-state index in [1.54, 1.807) is 22.0 Å². The van der Waals surface area contributed by atoms with Crippen molar-refractivity contribution in [3.8, 4) is 0 Å². The Balaban J connectivity index is 0.00000176. The molecular weight excluding hydrogens is 454 g/mol. The van der Waals surface area contributed by atoms with Crippen LogP contribution in [0.25, 0.3) is 0 Å². The molecule has 2 heterocycles. The molecule has 8 nitrogen and oxygen atoms in total. The topological polar surface area (TPSA) is 76.2 Å². The van der Waals surface area contributed by atoms with E-state index in [0.29, 0.717) is 19.5 Å². The molecule has 8 heteroatoms. The van der Waals surface area contributed by atoms with Crippen molar-refractivity contribution in [3.63, 3.8) is 0 Å². The molecule has 0 spiro atoms. The molecule has 4 amide bonds. The summed E-state index contributed by atoms with van der Waals surface area (Å²) in [6.07, 6.45) is 8.68. The first-order valence-electron chi connectivity index (χ1n) is 13.9. The quantitative estimate of drug-likeness (QED) is 0.590. The maximum atomic E-state index is 13.7. The van der Waals surface area contributed by atoms with E-state index in [-0.39, 0.29) is 30.4 Å². The summed E-state index contributed by atoms with van der Waals surface area (Å²) in [6, 6.07) is 9.26. The third-order valence-electron chi connectivity index (χ3n) is 7.48. The van der Waals surface area contributed by atoms with Gasteiger partial charge in [0.2, 0.25) is 11.8 Å². The number of carbonyl (C=O) groups excluding carboxylic acids is 3. The normalized spacial score (nSPS) is 23.5. The lowest BCUT2D eigenvalue weighted by atomic mass is 9.97. The summed E-state index contributed by atoms with van der Waals surface area (Å²) in [5, 5.41) is 6.40. The number of piperazine rings is 1.